The SMILES string of the molecule is CC(C)(C)OC(=O)C(C)(Br)C(=O)OC(C)(C)C. The summed E-state index contributed by atoms with van der Waals surface area (Å²) in [5, 5.41) is 0. The molecular weight excluding hydrogens is 288 g/mol. The summed E-state index contributed by atoms with van der Waals surface area (Å²) in [7, 11) is 0. The van der Waals surface area contributed by atoms with Crippen molar-refractivity contribution in [3.63, 3.8) is 0 Å². The Balaban J connectivity index is 4.78. The van der Waals surface area contributed by atoms with E-state index in [9.17, 15) is 9.59 Å². The van der Waals surface area contributed by atoms with Crippen molar-refractivity contribution >= 4 is 27.9 Å². The van der Waals surface area contributed by atoms with Crippen molar-refractivity contribution in [1.29, 1.82) is 0 Å². The van der Waals surface area contributed by atoms with Crippen LogP contribution in [0.4, 0.5) is 0 Å². The lowest BCUT2D eigenvalue weighted by molar-refractivity contribution is -0.170. The zero-order chi connectivity index (χ0) is 14.1. The van der Waals surface area contributed by atoms with Crippen molar-refractivity contribution in [1.82, 2.24) is 0 Å². The topological polar surface area (TPSA) is 52.6 Å². The first-order valence-corrected chi connectivity index (χ1v) is 6.21. The highest BCUT2D eigenvalue weighted by Gasteiger charge is 2.44. The number of carbonyl (C=O) groups excluding carboxylic acids is 2. The molecule has 0 amide bonds. The molecule has 0 saturated heterocycles. The van der Waals surface area contributed by atoms with Crippen LogP contribution in [0.2, 0.25) is 0 Å². The molecule has 0 aromatic heterocycles. The molecule has 100 valence electrons. The molecule has 0 unspecified atom stereocenters. The van der Waals surface area contributed by atoms with Gasteiger partial charge >= 0.3 is 11.9 Å². The maximum absolute atomic E-state index is 11.8. The van der Waals surface area contributed by atoms with Gasteiger partial charge in [-0.15, -0.1) is 0 Å². The van der Waals surface area contributed by atoms with Gasteiger partial charge in [0.15, 0.2) is 0 Å². The largest absolute Gasteiger partial charge is 0.458 e. The first-order valence-electron chi connectivity index (χ1n) is 5.41. The minimum absolute atomic E-state index is 0.645. The zero-order valence-electron chi connectivity index (χ0n) is 11.5. The van der Waals surface area contributed by atoms with E-state index >= 15 is 0 Å². The summed E-state index contributed by atoms with van der Waals surface area (Å²) < 4.78 is 8.82. The quantitative estimate of drug-likeness (QED) is 0.447. The van der Waals surface area contributed by atoms with Crippen molar-refractivity contribution < 1.29 is 19.1 Å². The fourth-order valence-electron chi connectivity index (χ4n) is 0.831. The van der Waals surface area contributed by atoms with Gasteiger partial charge in [-0.1, -0.05) is 15.9 Å². The second-order valence-electron chi connectivity index (χ2n) is 6.01. The smallest absolute Gasteiger partial charge is 0.334 e. The second-order valence-corrected chi connectivity index (χ2v) is 7.59. The number of halogens is 1. The highest BCUT2D eigenvalue weighted by molar-refractivity contribution is 9.10. The molecule has 0 atom stereocenters. The fraction of sp³-hybridized carbons (Fsp3) is 0.833. The molecule has 0 bridgehead atoms. The first kappa shape index (κ1) is 16.4. The molecule has 0 spiro atoms. The number of rotatable bonds is 2. The number of alkyl halides is 1. The summed E-state index contributed by atoms with van der Waals surface area (Å²) in [6.45, 7) is 11.9. The highest BCUT2D eigenvalue weighted by Crippen LogP contribution is 2.26. The molecule has 0 aromatic rings. The van der Waals surface area contributed by atoms with Crippen LogP contribution < -0.4 is 0 Å². The molecule has 0 aromatic carbocycles. The van der Waals surface area contributed by atoms with Gasteiger partial charge in [-0.2, -0.15) is 0 Å². The van der Waals surface area contributed by atoms with E-state index in [1.807, 2.05) is 0 Å². The van der Waals surface area contributed by atoms with Crippen LogP contribution in [-0.4, -0.2) is 27.5 Å². The van der Waals surface area contributed by atoms with Gasteiger partial charge in [0.25, 0.3) is 0 Å². The molecular formula is C12H21BrO4. The Bertz CT molecular complexity index is 277. The summed E-state index contributed by atoms with van der Waals surface area (Å²) in [6.07, 6.45) is 0. The monoisotopic (exact) mass is 308 g/mol. The molecule has 0 aliphatic heterocycles. The van der Waals surface area contributed by atoms with Gasteiger partial charge in [0, 0.05) is 0 Å². The lowest BCUT2D eigenvalue weighted by atomic mass is 10.1. The van der Waals surface area contributed by atoms with Crippen molar-refractivity contribution in [2.24, 2.45) is 0 Å². The molecule has 0 heterocycles. The molecule has 0 aliphatic carbocycles. The number of hydrogen-bond donors (Lipinski definition) is 0. The summed E-state index contributed by atoms with van der Waals surface area (Å²) in [6, 6.07) is 0. The van der Waals surface area contributed by atoms with Crippen LogP contribution in [0.3, 0.4) is 0 Å². The van der Waals surface area contributed by atoms with E-state index in [1.165, 1.54) is 6.92 Å². The lowest BCUT2D eigenvalue weighted by Gasteiger charge is -2.28. The van der Waals surface area contributed by atoms with Crippen LogP contribution in [-0.2, 0) is 19.1 Å². The molecule has 4 nitrogen and oxygen atoms in total. The molecule has 17 heavy (non-hydrogen) atoms. The van der Waals surface area contributed by atoms with Crippen molar-refractivity contribution in [3.05, 3.63) is 0 Å². The van der Waals surface area contributed by atoms with E-state index in [0.717, 1.165) is 0 Å². The van der Waals surface area contributed by atoms with Gasteiger partial charge in [0.1, 0.15) is 11.2 Å². The number of carbonyl (C=O) groups is 2. The van der Waals surface area contributed by atoms with Crippen LogP contribution in [0.5, 0.6) is 0 Å². The van der Waals surface area contributed by atoms with E-state index in [4.69, 9.17) is 9.47 Å². The van der Waals surface area contributed by atoms with Gasteiger partial charge in [0.05, 0.1) is 0 Å². The van der Waals surface area contributed by atoms with Gasteiger partial charge in [-0.05, 0) is 48.5 Å². The Hall–Kier alpha value is -0.580. The second kappa shape index (κ2) is 4.96. The van der Waals surface area contributed by atoms with Gasteiger partial charge in [-0.25, -0.2) is 9.59 Å². The van der Waals surface area contributed by atoms with E-state index in [0.29, 0.717) is 0 Å². The predicted octanol–water partition coefficient (Wildman–Crippen LogP) is 2.82. The maximum atomic E-state index is 11.8. The van der Waals surface area contributed by atoms with E-state index in [-0.39, 0.29) is 0 Å². The highest BCUT2D eigenvalue weighted by atomic mass is 79.9. The molecule has 0 aliphatic rings. The van der Waals surface area contributed by atoms with Crippen LogP contribution in [0.1, 0.15) is 48.5 Å². The molecule has 0 radical (unpaired) electrons. The van der Waals surface area contributed by atoms with Crippen LogP contribution in [0.25, 0.3) is 0 Å². The van der Waals surface area contributed by atoms with Crippen molar-refractivity contribution in [3.8, 4) is 0 Å². The Morgan fingerprint density at radius 3 is 1.18 bits per heavy atom. The standard InChI is InChI=1S/C12H21BrO4/c1-10(2,3)16-8(14)12(7,13)9(15)17-11(4,5)6/h1-7H3. The molecule has 0 N–H and O–H groups in total. The Labute approximate surface area is 111 Å². The third-order valence-corrected chi connectivity index (χ3v) is 2.21. The minimum atomic E-state index is -1.48. The molecule has 0 saturated carbocycles. The van der Waals surface area contributed by atoms with Gasteiger partial charge in [-0.3, -0.25) is 0 Å². The maximum Gasteiger partial charge on any atom is 0.334 e. The van der Waals surface area contributed by atoms with Gasteiger partial charge in [0.2, 0.25) is 4.32 Å². The van der Waals surface area contributed by atoms with Gasteiger partial charge < -0.3 is 9.47 Å². The first-order chi connectivity index (χ1) is 7.26. The summed E-state index contributed by atoms with van der Waals surface area (Å²) in [5.74, 6) is -1.31. The number of hydrogen-bond acceptors (Lipinski definition) is 4. The lowest BCUT2D eigenvalue weighted by Crippen LogP contribution is -2.45. The minimum Gasteiger partial charge on any atom is -0.458 e. The average Bonchev–Trinajstić information content (AvgIpc) is 1.96. The Morgan fingerprint density at radius 2 is 1.00 bits per heavy atom. The molecule has 0 rings (SSSR count). The number of ether oxygens (including phenoxy) is 2. The van der Waals surface area contributed by atoms with E-state index < -0.39 is 27.5 Å². The normalized spacial score (nSPS) is 13.2. The van der Waals surface area contributed by atoms with Crippen LogP contribution in [0.15, 0.2) is 0 Å². The summed E-state index contributed by atoms with van der Waals surface area (Å²) in [4.78, 5) is 23.7. The zero-order valence-corrected chi connectivity index (χ0v) is 13.1. The third-order valence-electron chi connectivity index (χ3n) is 1.56. The van der Waals surface area contributed by atoms with Crippen molar-refractivity contribution in [2.75, 3.05) is 0 Å². The summed E-state index contributed by atoms with van der Waals surface area (Å²) in [5.41, 5.74) is -1.29. The molecule has 5 heteroatoms. The van der Waals surface area contributed by atoms with Crippen molar-refractivity contribution in [2.45, 2.75) is 64.0 Å². The number of esters is 2. The third kappa shape index (κ3) is 6.05. The van der Waals surface area contributed by atoms with E-state index in [2.05, 4.69) is 15.9 Å². The molecule has 0 fully saturated rings. The Morgan fingerprint density at radius 1 is 0.765 bits per heavy atom. The van der Waals surface area contributed by atoms with Crippen LogP contribution >= 0.6 is 15.9 Å². The van der Waals surface area contributed by atoms with Crippen LogP contribution in [0, 0.1) is 0 Å². The summed E-state index contributed by atoms with van der Waals surface area (Å²) >= 11 is 3.07. The van der Waals surface area contributed by atoms with E-state index in [1.54, 1.807) is 41.5 Å². The average molecular weight is 309 g/mol. The Kier molecular flexibility index (Phi) is 4.79. The fourth-order valence-corrected chi connectivity index (χ4v) is 0.993. The predicted molar refractivity (Wildman–Crippen MR) is 69.0 cm³/mol.